The number of nitrogens with two attached hydrogens (primary N) is 1. The average molecular weight is 347 g/mol. The van der Waals surface area contributed by atoms with Crippen LogP contribution in [0.2, 0.25) is 0 Å². The van der Waals surface area contributed by atoms with Crippen molar-refractivity contribution in [1.82, 2.24) is 4.98 Å². The molecular weight excluding hydrogens is 335 g/mol. The van der Waals surface area contributed by atoms with Crippen LogP contribution in [0.5, 0.6) is 11.5 Å². The van der Waals surface area contributed by atoms with E-state index < -0.39 is 0 Å². The molecule has 106 valence electrons. The first-order valence-corrected chi connectivity index (χ1v) is 7.11. The van der Waals surface area contributed by atoms with Crippen LogP contribution >= 0.6 is 15.9 Å². The monoisotopic (exact) mass is 346 g/mol. The maximum absolute atomic E-state index is 13.4. The topological polar surface area (TPSA) is 48.1 Å². The number of pyridine rings is 1. The molecule has 21 heavy (non-hydrogen) atoms. The zero-order valence-corrected chi connectivity index (χ0v) is 12.8. The van der Waals surface area contributed by atoms with E-state index >= 15 is 0 Å². The van der Waals surface area contributed by atoms with Gasteiger partial charge in [-0.05, 0) is 53.2 Å². The molecule has 0 aliphatic rings. The van der Waals surface area contributed by atoms with Crippen molar-refractivity contribution >= 4 is 32.4 Å². The number of hydrogen-bond donors (Lipinski definition) is 1. The summed E-state index contributed by atoms with van der Waals surface area (Å²) in [4.78, 5) is 4.24. The lowest BCUT2D eigenvalue weighted by atomic mass is 10.1. The number of aromatic nitrogens is 1. The molecule has 3 aromatic rings. The van der Waals surface area contributed by atoms with E-state index in [9.17, 15) is 4.39 Å². The van der Waals surface area contributed by atoms with Crippen LogP contribution in [0, 0.1) is 12.7 Å². The fraction of sp³-hybridized carbons (Fsp3) is 0.0625. The Labute approximate surface area is 129 Å². The molecule has 0 spiro atoms. The normalized spacial score (nSPS) is 10.8. The fourth-order valence-electron chi connectivity index (χ4n) is 2.10. The van der Waals surface area contributed by atoms with Crippen molar-refractivity contribution in [3.8, 4) is 11.5 Å². The van der Waals surface area contributed by atoms with Gasteiger partial charge in [-0.25, -0.2) is 4.39 Å². The van der Waals surface area contributed by atoms with Gasteiger partial charge in [0, 0.05) is 34.4 Å². The van der Waals surface area contributed by atoms with E-state index in [0.717, 1.165) is 16.5 Å². The second-order valence-corrected chi connectivity index (χ2v) is 5.56. The van der Waals surface area contributed by atoms with Gasteiger partial charge in [-0.1, -0.05) is 0 Å². The maximum Gasteiger partial charge on any atom is 0.144 e. The molecule has 0 aliphatic heterocycles. The number of aryl methyl sites for hydroxylation is 1. The number of hydrogen-bond acceptors (Lipinski definition) is 3. The average Bonchev–Trinajstić information content (AvgIpc) is 2.46. The summed E-state index contributed by atoms with van der Waals surface area (Å²) < 4.78 is 19.9. The molecule has 0 fully saturated rings. The molecule has 0 amide bonds. The van der Waals surface area contributed by atoms with Crippen molar-refractivity contribution in [1.29, 1.82) is 0 Å². The number of fused-ring (bicyclic) bond motifs is 1. The van der Waals surface area contributed by atoms with Crippen molar-refractivity contribution < 1.29 is 9.13 Å². The highest BCUT2D eigenvalue weighted by Crippen LogP contribution is 2.36. The van der Waals surface area contributed by atoms with Crippen LogP contribution in [0.4, 0.5) is 10.1 Å². The SMILES string of the molecule is Cc1cc2c(Oc3cc(F)ccc3Br)ccc(N)c2cn1. The summed E-state index contributed by atoms with van der Waals surface area (Å²) in [5.41, 5.74) is 7.44. The van der Waals surface area contributed by atoms with Gasteiger partial charge in [-0.15, -0.1) is 0 Å². The Morgan fingerprint density at radius 3 is 2.71 bits per heavy atom. The number of nitrogens with zero attached hydrogens (tertiary/aromatic N) is 1. The van der Waals surface area contributed by atoms with Crippen molar-refractivity contribution in [3.05, 3.63) is 58.6 Å². The Bertz CT molecular complexity index is 836. The molecular formula is C16H12BrFN2O. The molecule has 3 nitrogen and oxygen atoms in total. The van der Waals surface area contributed by atoms with Gasteiger partial charge in [0.25, 0.3) is 0 Å². The number of rotatable bonds is 2. The number of benzene rings is 2. The molecule has 0 saturated carbocycles. The molecule has 1 aromatic heterocycles. The first kappa shape index (κ1) is 13.8. The highest BCUT2D eigenvalue weighted by Gasteiger charge is 2.10. The van der Waals surface area contributed by atoms with Crippen molar-refractivity contribution in [2.75, 3.05) is 5.73 Å². The Morgan fingerprint density at radius 2 is 1.90 bits per heavy atom. The fourth-order valence-corrected chi connectivity index (χ4v) is 2.43. The highest BCUT2D eigenvalue weighted by molar-refractivity contribution is 9.10. The van der Waals surface area contributed by atoms with Crippen LogP contribution in [0.25, 0.3) is 10.8 Å². The van der Waals surface area contributed by atoms with Gasteiger partial charge in [-0.3, -0.25) is 4.98 Å². The molecule has 0 unspecified atom stereocenters. The lowest BCUT2D eigenvalue weighted by Gasteiger charge is -2.12. The van der Waals surface area contributed by atoms with Crippen LogP contribution in [-0.2, 0) is 0 Å². The molecule has 0 atom stereocenters. The van der Waals surface area contributed by atoms with Crippen molar-refractivity contribution in [3.63, 3.8) is 0 Å². The van der Waals surface area contributed by atoms with E-state index in [0.29, 0.717) is 21.7 Å². The molecule has 2 aromatic carbocycles. The predicted molar refractivity (Wildman–Crippen MR) is 85.1 cm³/mol. The van der Waals surface area contributed by atoms with E-state index in [1.165, 1.54) is 12.1 Å². The smallest absolute Gasteiger partial charge is 0.144 e. The molecule has 1 heterocycles. The lowest BCUT2D eigenvalue weighted by Crippen LogP contribution is -1.93. The van der Waals surface area contributed by atoms with E-state index in [1.807, 2.05) is 13.0 Å². The third kappa shape index (κ3) is 2.69. The molecule has 0 bridgehead atoms. The zero-order valence-electron chi connectivity index (χ0n) is 11.2. The minimum atomic E-state index is -0.356. The number of anilines is 1. The quantitative estimate of drug-likeness (QED) is 0.676. The van der Waals surface area contributed by atoms with Crippen LogP contribution in [0.1, 0.15) is 5.69 Å². The van der Waals surface area contributed by atoms with Crippen LogP contribution < -0.4 is 10.5 Å². The van der Waals surface area contributed by atoms with Crippen molar-refractivity contribution in [2.45, 2.75) is 6.92 Å². The van der Waals surface area contributed by atoms with Gasteiger partial charge in [-0.2, -0.15) is 0 Å². The molecule has 0 saturated heterocycles. The second-order valence-electron chi connectivity index (χ2n) is 4.70. The summed E-state index contributed by atoms with van der Waals surface area (Å²) in [7, 11) is 0. The third-order valence-corrected chi connectivity index (χ3v) is 3.80. The second kappa shape index (κ2) is 5.33. The van der Waals surface area contributed by atoms with E-state index in [-0.39, 0.29) is 5.82 Å². The van der Waals surface area contributed by atoms with Crippen LogP contribution in [-0.4, -0.2) is 4.98 Å². The summed E-state index contributed by atoms with van der Waals surface area (Å²) in [6.45, 7) is 1.89. The summed E-state index contributed by atoms with van der Waals surface area (Å²) in [6.07, 6.45) is 1.72. The molecule has 2 N–H and O–H groups in total. The largest absolute Gasteiger partial charge is 0.455 e. The summed E-state index contributed by atoms with van der Waals surface area (Å²) >= 11 is 3.35. The van der Waals surface area contributed by atoms with Gasteiger partial charge >= 0.3 is 0 Å². The minimum absolute atomic E-state index is 0.356. The molecule has 3 rings (SSSR count). The Hall–Kier alpha value is -2.14. The summed E-state index contributed by atoms with van der Waals surface area (Å²) in [5, 5.41) is 1.66. The van der Waals surface area contributed by atoms with Gasteiger partial charge in [0.05, 0.1) is 4.47 Å². The van der Waals surface area contributed by atoms with E-state index in [4.69, 9.17) is 10.5 Å². The van der Waals surface area contributed by atoms with Gasteiger partial charge in [0.1, 0.15) is 17.3 Å². The Kier molecular flexibility index (Phi) is 3.51. The summed E-state index contributed by atoms with van der Waals surface area (Å²) in [5.74, 6) is 0.664. The van der Waals surface area contributed by atoms with Gasteiger partial charge in [0.15, 0.2) is 0 Å². The highest BCUT2D eigenvalue weighted by atomic mass is 79.9. The third-order valence-electron chi connectivity index (χ3n) is 3.14. The molecule has 5 heteroatoms. The van der Waals surface area contributed by atoms with Crippen molar-refractivity contribution in [2.24, 2.45) is 0 Å². The van der Waals surface area contributed by atoms with E-state index in [2.05, 4.69) is 20.9 Å². The zero-order chi connectivity index (χ0) is 15.0. The number of nitrogen functional groups attached to an aromatic ring is 1. The molecule has 0 aliphatic carbocycles. The minimum Gasteiger partial charge on any atom is -0.455 e. The summed E-state index contributed by atoms with van der Waals surface area (Å²) in [6, 6.07) is 9.73. The van der Waals surface area contributed by atoms with Crippen LogP contribution in [0.3, 0.4) is 0 Å². The van der Waals surface area contributed by atoms with Gasteiger partial charge in [0.2, 0.25) is 0 Å². The first-order valence-electron chi connectivity index (χ1n) is 6.32. The van der Waals surface area contributed by atoms with E-state index in [1.54, 1.807) is 24.4 Å². The van der Waals surface area contributed by atoms with Gasteiger partial charge < -0.3 is 10.5 Å². The Balaban J connectivity index is 2.14. The van der Waals surface area contributed by atoms with Crippen LogP contribution in [0.15, 0.2) is 47.1 Å². The maximum atomic E-state index is 13.4. The predicted octanol–water partition coefficient (Wildman–Crippen LogP) is 4.82. The first-order chi connectivity index (χ1) is 10.0. The Morgan fingerprint density at radius 1 is 1.10 bits per heavy atom. The number of ether oxygens (including phenoxy) is 1. The molecule has 0 radical (unpaired) electrons. The number of halogens is 2. The standard InChI is InChI=1S/C16H12BrFN2O/c1-9-6-11-12(8-20-9)14(19)4-5-15(11)21-16-7-10(18)2-3-13(16)17/h2-8H,19H2,1H3. The lowest BCUT2D eigenvalue weighted by molar-refractivity contribution is 0.479.